The first kappa shape index (κ1) is 34.0. The number of carbonyl (C=O) groups excluding carboxylic acids is 1. The zero-order valence-corrected chi connectivity index (χ0v) is 27.4. The molecule has 0 aliphatic carbocycles. The van der Waals surface area contributed by atoms with Crippen LogP contribution in [0.25, 0.3) is 0 Å². The van der Waals surface area contributed by atoms with Crippen LogP contribution >= 0.6 is 0 Å². The summed E-state index contributed by atoms with van der Waals surface area (Å²) in [5.74, 6) is 0.561. The van der Waals surface area contributed by atoms with E-state index in [1.807, 2.05) is 27.8 Å². The Kier molecular flexibility index (Phi) is 11.5. The number of likely N-dealkylation sites (tertiary alicyclic amines) is 1. The molecule has 1 amide bonds. The van der Waals surface area contributed by atoms with Gasteiger partial charge in [-0.3, -0.25) is 9.69 Å². The third-order valence-corrected chi connectivity index (χ3v) is 8.94. The lowest BCUT2D eigenvalue weighted by atomic mass is 9.76. The molecule has 1 N–H and O–H groups in total. The molecule has 3 heterocycles. The van der Waals surface area contributed by atoms with Gasteiger partial charge in [-0.15, -0.1) is 10.2 Å². The number of aromatic nitrogens is 3. The maximum absolute atomic E-state index is 14.3. The minimum Gasteiger partial charge on any atom is -0.434 e. The Morgan fingerprint density at radius 1 is 1.20 bits per heavy atom. The molecule has 12 heteroatoms. The molecule has 11 nitrogen and oxygen atoms in total. The SMILES string of the molecule is CCN(C(=O)c1cc(F)ccc1Oc1nncnc1N1CCC2(C1)CN(C(CC(O)CN(C)CCOC)C(C)C)C2)C(C)C. The summed E-state index contributed by atoms with van der Waals surface area (Å²) in [4.78, 5) is 26.3. The quantitative estimate of drug-likeness (QED) is 0.320. The molecule has 1 spiro atoms. The van der Waals surface area contributed by atoms with Crippen molar-refractivity contribution in [1.29, 1.82) is 0 Å². The van der Waals surface area contributed by atoms with Crippen molar-refractivity contribution in [2.24, 2.45) is 11.3 Å². The molecule has 2 fully saturated rings. The smallest absolute Gasteiger partial charge is 0.282 e. The standard InChI is InChI=1S/C32H50FN7O4/c1-8-40(23(4)5)31(42)26-15-24(33)9-10-28(26)44-30-29(34-21-35-36-30)38-12-11-32(18-38)19-39(20-32)27(22(2)3)16-25(41)17-37(6)13-14-43-7/h9-10,15,21-23,25,27,41H,8,11-14,16-20H2,1-7H3. The molecule has 2 aliphatic heterocycles. The fraction of sp³-hybridized carbons (Fsp3) is 0.688. The van der Waals surface area contributed by atoms with Gasteiger partial charge in [0.15, 0.2) is 5.82 Å². The van der Waals surface area contributed by atoms with Crippen molar-refractivity contribution in [3.63, 3.8) is 0 Å². The molecule has 2 saturated heterocycles. The van der Waals surface area contributed by atoms with Crippen LogP contribution in [0, 0.1) is 17.2 Å². The van der Waals surface area contributed by atoms with E-state index < -0.39 is 11.9 Å². The predicted molar refractivity (Wildman–Crippen MR) is 168 cm³/mol. The van der Waals surface area contributed by atoms with Crippen LogP contribution in [0.1, 0.15) is 57.8 Å². The van der Waals surface area contributed by atoms with Crippen molar-refractivity contribution in [1.82, 2.24) is 29.9 Å². The second kappa shape index (κ2) is 14.9. The first-order valence-corrected chi connectivity index (χ1v) is 15.8. The van der Waals surface area contributed by atoms with Crippen LogP contribution in [0.3, 0.4) is 0 Å². The van der Waals surface area contributed by atoms with Crippen LogP contribution in [0.2, 0.25) is 0 Å². The molecule has 4 rings (SSSR count). The number of methoxy groups -OCH3 is 1. The summed E-state index contributed by atoms with van der Waals surface area (Å²) in [6, 6.07) is 4.18. The summed E-state index contributed by atoms with van der Waals surface area (Å²) in [5.41, 5.74) is 0.252. The maximum atomic E-state index is 14.3. The molecule has 0 radical (unpaired) electrons. The molecule has 244 valence electrons. The van der Waals surface area contributed by atoms with Gasteiger partial charge < -0.3 is 29.3 Å². The first-order chi connectivity index (χ1) is 21.0. The van der Waals surface area contributed by atoms with Gasteiger partial charge in [0.25, 0.3) is 11.8 Å². The Labute approximate surface area is 261 Å². The van der Waals surface area contributed by atoms with Gasteiger partial charge in [-0.05, 0) is 64.8 Å². The number of benzene rings is 1. The Bertz CT molecular complexity index is 1240. The number of rotatable bonds is 15. The largest absolute Gasteiger partial charge is 0.434 e. The summed E-state index contributed by atoms with van der Waals surface area (Å²) in [5, 5.41) is 19.0. The number of nitrogens with zero attached hydrogens (tertiary/aromatic N) is 7. The zero-order chi connectivity index (χ0) is 32.0. The van der Waals surface area contributed by atoms with E-state index in [-0.39, 0.29) is 34.6 Å². The highest BCUT2D eigenvalue weighted by Gasteiger charge is 2.50. The van der Waals surface area contributed by atoms with Gasteiger partial charge in [0.1, 0.15) is 17.9 Å². The second-order valence-corrected chi connectivity index (χ2v) is 13.0. The minimum atomic E-state index is -0.514. The number of anilines is 1. The van der Waals surface area contributed by atoms with E-state index >= 15 is 0 Å². The second-order valence-electron chi connectivity index (χ2n) is 13.0. The topological polar surface area (TPSA) is 107 Å². The highest BCUT2D eigenvalue weighted by atomic mass is 19.1. The lowest BCUT2D eigenvalue weighted by Gasteiger charge is -2.53. The predicted octanol–water partition coefficient (Wildman–Crippen LogP) is 3.54. The van der Waals surface area contributed by atoms with Crippen LogP contribution in [0.15, 0.2) is 24.5 Å². The van der Waals surface area contributed by atoms with E-state index in [9.17, 15) is 14.3 Å². The normalized spacial score (nSPS) is 17.9. The van der Waals surface area contributed by atoms with E-state index in [0.29, 0.717) is 37.5 Å². The number of aliphatic hydroxyl groups excluding tert-OH is 1. The third kappa shape index (κ3) is 8.01. The molecule has 0 bridgehead atoms. The van der Waals surface area contributed by atoms with Gasteiger partial charge in [-0.1, -0.05) is 13.8 Å². The summed E-state index contributed by atoms with van der Waals surface area (Å²) in [6.07, 6.45) is 2.73. The average Bonchev–Trinajstić information content (AvgIpc) is 3.41. The summed E-state index contributed by atoms with van der Waals surface area (Å²) in [7, 11) is 3.70. The number of ether oxygens (including phenoxy) is 2. The van der Waals surface area contributed by atoms with E-state index in [2.05, 4.69) is 43.7 Å². The first-order valence-electron chi connectivity index (χ1n) is 15.8. The summed E-state index contributed by atoms with van der Waals surface area (Å²) < 4.78 is 25.6. The number of likely N-dealkylation sites (N-methyl/N-ethyl adjacent to an activating group) is 1. The summed E-state index contributed by atoms with van der Waals surface area (Å²) in [6.45, 7) is 16.2. The van der Waals surface area contributed by atoms with Crippen molar-refractivity contribution < 1.29 is 23.8 Å². The molecule has 0 saturated carbocycles. The Balaban J connectivity index is 1.43. The van der Waals surface area contributed by atoms with Crippen molar-refractivity contribution in [2.45, 2.75) is 65.6 Å². The molecule has 2 atom stereocenters. The van der Waals surface area contributed by atoms with Crippen molar-refractivity contribution in [3.05, 3.63) is 35.9 Å². The molecule has 44 heavy (non-hydrogen) atoms. The number of amides is 1. The monoisotopic (exact) mass is 615 g/mol. The number of aliphatic hydroxyl groups is 1. The van der Waals surface area contributed by atoms with E-state index in [0.717, 1.165) is 45.6 Å². The fourth-order valence-electron chi connectivity index (χ4n) is 6.62. The van der Waals surface area contributed by atoms with Crippen molar-refractivity contribution >= 4 is 11.7 Å². The van der Waals surface area contributed by atoms with Gasteiger partial charge in [0.2, 0.25) is 0 Å². The van der Waals surface area contributed by atoms with Gasteiger partial charge in [-0.2, -0.15) is 0 Å². The number of hydrogen-bond donors (Lipinski definition) is 1. The minimum absolute atomic E-state index is 0.0546. The van der Waals surface area contributed by atoms with Crippen LogP contribution in [-0.2, 0) is 4.74 Å². The average molecular weight is 616 g/mol. The van der Waals surface area contributed by atoms with Gasteiger partial charge in [-0.25, -0.2) is 9.37 Å². The van der Waals surface area contributed by atoms with Crippen molar-refractivity contribution in [2.75, 3.05) is 71.5 Å². The zero-order valence-electron chi connectivity index (χ0n) is 27.4. The van der Waals surface area contributed by atoms with Gasteiger partial charge >= 0.3 is 0 Å². The van der Waals surface area contributed by atoms with Crippen LogP contribution in [0.5, 0.6) is 11.6 Å². The summed E-state index contributed by atoms with van der Waals surface area (Å²) >= 11 is 0. The molecular formula is C32H50FN7O4. The van der Waals surface area contributed by atoms with E-state index in [1.54, 1.807) is 12.0 Å². The van der Waals surface area contributed by atoms with Crippen LogP contribution in [-0.4, -0.2) is 126 Å². The van der Waals surface area contributed by atoms with Crippen LogP contribution < -0.4 is 9.64 Å². The van der Waals surface area contributed by atoms with E-state index in [4.69, 9.17) is 9.47 Å². The maximum Gasteiger partial charge on any atom is 0.282 e. The Hall–Kier alpha value is -2.93. The molecule has 2 aromatic rings. The highest BCUT2D eigenvalue weighted by molar-refractivity contribution is 5.97. The van der Waals surface area contributed by atoms with Gasteiger partial charge in [0, 0.05) is 70.4 Å². The third-order valence-electron chi connectivity index (χ3n) is 8.94. The Morgan fingerprint density at radius 3 is 2.61 bits per heavy atom. The molecular weight excluding hydrogens is 565 g/mol. The van der Waals surface area contributed by atoms with Gasteiger partial charge in [0.05, 0.1) is 18.3 Å². The molecule has 1 aromatic carbocycles. The molecule has 2 unspecified atom stereocenters. The van der Waals surface area contributed by atoms with E-state index in [1.165, 1.54) is 24.5 Å². The molecule has 2 aliphatic rings. The molecule has 1 aromatic heterocycles. The Morgan fingerprint density at radius 2 is 1.95 bits per heavy atom. The number of carbonyl (C=O) groups is 1. The van der Waals surface area contributed by atoms with Crippen LogP contribution in [0.4, 0.5) is 10.2 Å². The lowest BCUT2D eigenvalue weighted by molar-refractivity contribution is -0.0484. The lowest BCUT2D eigenvalue weighted by Crippen LogP contribution is -2.62. The fourth-order valence-corrected chi connectivity index (χ4v) is 6.62. The van der Waals surface area contributed by atoms with Crippen molar-refractivity contribution in [3.8, 4) is 11.6 Å². The highest BCUT2D eigenvalue weighted by Crippen LogP contribution is 2.44. The number of hydrogen-bond acceptors (Lipinski definition) is 10. The number of halogens is 1.